The van der Waals surface area contributed by atoms with Crippen molar-refractivity contribution in [3.8, 4) is 5.75 Å². The maximum Gasteiger partial charge on any atom is 0.245 e. The summed E-state index contributed by atoms with van der Waals surface area (Å²) in [5.74, 6) is 0.813. The van der Waals surface area contributed by atoms with E-state index in [1.165, 1.54) is 0 Å². The van der Waals surface area contributed by atoms with Crippen LogP contribution in [-0.4, -0.2) is 60.2 Å². The third kappa shape index (κ3) is 4.85. The van der Waals surface area contributed by atoms with E-state index in [1.54, 1.807) is 36.3 Å². The molecule has 2 aromatic carbocycles. The van der Waals surface area contributed by atoms with E-state index in [0.29, 0.717) is 50.9 Å². The van der Waals surface area contributed by atoms with Gasteiger partial charge in [-0.2, -0.15) is 0 Å². The maximum absolute atomic E-state index is 13.2. The lowest BCUT2D eigenvalue weighted by Crippen LogP contribution is -2.50. The van der Waals surface area contributed by atoms with Gasteiger partial charge in [-0.3, -0.25) is 14.4 Å². The molecule has 6 nitrogen and oxygen atoms in total. The average molecular weight is 435 g/mol. The van der Waals surface area contributed by atoms with Crippen molar-refractivity contribution in [2.75, 3.05) is 26.7 Å². The number of hydrogen-bond donors (Lipinski definition) is 0. The van der Waals surface area contributed by atoms with Crippen molar-refractivity contribution in [2.24, 2.45) is 5.92 Å². The van der Waals surface area contributed by atoms with Crippen LogP contribution in [0.2, 0.25) is 0 Å². The lowest BCUT2D eigenvalue weighted by atomic mass is 9.88. The maximum atomic E-state index is 13.2. The molecule has 1 unspecified atom stereocenters. The monoisotopic (exact) mass is 434 g/mol. The number of carbonyl (C=O) groups is 3. The molecular weight excluding hydrogens is 404 g/mol. The topological polar surface area (TPSA) is 66.9 Å². The summed E-state index contributed by atoms with van der Waals surface area (Å²) in [4.78, 5) is 42.5. The van der Waals surface area contributed by atoms with Crippen molar-refractivity contribution in [3.05, 3.63) is 65.7 Å². The average Bonchev–Trinajstić information content (AvgIpc) is 3.34. The Bertz CT molecular complexity index is 950. The van der Waals surface area contributed by atoms with Gasteiger partial charge in [0.2, 0.25) is 11.8 Å². The molecule has 2 heterocycles. The Hall–Kier alpha value is -3.15. The number of hydrogen-bond acceptors (Lipinski definition) is 4. The lowest BCUT2D eigenvalue weighted by molar-refractivity contribution is -0.144. The van der Waals surface area contributed by atoms with Gasteiger partial charge in [0, 0.05) is 31.1 Å². The van der Waals surface area contributed by atoms with Gasteiger partial charge in [-0.1, -0.05) is 30.3 Å². The summed E-state index contributed by atoms with van der Waals surface area (Å²) in [6.45, 7) is 1.75. The molecule has 2 aliphatic rings. The molecule has 32 heavy (non-hydrogen) atoms. The number of benzene rings is 2. The van der Waals surface area contributed by atoms with Crippen molar-refractivity contribution >= 4 is 17.6 Å². The molecule has 6 heteroatoms. The summed E-state index contributed by atoms with van der Waals surface area (Å²) in [6, 6.07) is 16.5. The quantitative estimate of drug-likeness (QED) is 0.654. The second-order valence-corrected chi connectivity index (χ2v) is 8.60. The minimum Gasteiger partial charge on any atom is -0.497 e. The third-order valence-electron chi connectivity index (χ3n) is 6.61. The van der Waals surface area contributed by atoms with Gasteiger partial charge in [0.25, 0.3) is 0 Å². The Kier molecular flexibility index (Phi) is 6.88. The Morgan fingerprint density at radius 2 is 1.59 bits per heavy atom. The van der Waals surface area contributed by atoms with Crippen LogP contribution in [0.3, 0.4) is 0 Å². The molecule has 2 aromatic rings. The number of methoxy groups -OCH3 is 1. The van der Waals surface area contributed by atoms with Crippen LogP contribution in [0.25, 0.3) is 0 Å². The molecule has 0 spiro atoms. The van der Waals surface area contributed by atoms with E-state index in [2.05, 4.69) is 0 Å². The number of carbonyl (C=O) groups excluding carboxylic acids is 3. The molecule has 0 aliphatic carbocycles. The van der Waals surface area contributed by atoms with Gasteiger partial charge in [-0.25, -0.2) is 0 Å². The molecule has 2 aliphatic heterocycles. The first-order valence-electron chi connectivity index (χ1n) is 11.4. The second kappa shape index (κ2) is 9.98. The zero-order valence-electron chi connectivity index (χ0n) is 18.5. The number of likely N-dealkylation sites (tertiary alicyclic amines) is 2. The van der Waals surface area contributed by atoms with Crippen molar-refractivity contribution in [1.29, 1.82) is 0 Å². The first kappa shape index (κ1) is 22.1. The number of nitrogens with zero attached hydrogens (tertiary/aromatic N) is 2. The van der Waals surface area contributed by atoms with Crippen LogP contribution in [0, 0.1) is 5.92 Å². The molecule has 0 radical (unpaired) electrons. The fourth-order valence-electron chi connectivity index (χ4n) is 4.76. The van der Waals surface area contributed by atoms with Crippen LogP contribution in [0.15, 0.2) is 54.6 Å². The molecule has 0 aromatic heterocycles. The number of amides is 2. The van der Waals surface area contributed by atoms with E-state index in [9.17, 15) is 14.4 Å². The van der Waals surface area contributed by atoms with Gasteiger partial charge in [0.1, 0.15) is 11.8 Å². The van der Waals surface area contributed by atoms with Crippen molar-refractivity contribution in [1.82, 2.24) is 9.80 Å². The zero-order valence-corrected chi connectivity index (χ0v) is 18.5. The SMILES string of the molecule is COc1ccc(C(=O)C2CCN(C(=O)C3CCCN3C(=O)Cc3ccccc3)CC2)cc1. The van der Waals surface area contributed by atoms with Crippen LogP contribution in [0.4, 0.5) is 0 Å². The zero-order chi connectivity index (χ0) is 22.5. The molecule has 2 amide bonds. The predicted octanol–water partition coefficient (Wildman–Crippen LogP) is 3.35. The van der Waals surface area contributed by atoms with E-state index in [4.69, 9.17) is 4.74 Å². The number of Topliss-reactive ketones (excluding diaryl/α,β-unsaturated/α-hetero) is 1. The molecule has 1 atom stereocenters. The molecule has 0 bridgehead atoms. The summed E-state index contributed by atoms with van der Waals surface area (Å²) in [7, 11) is 1.60. The number of ether oxygens (including phenoxy) is 1. The minimum atomic E-state index is -0.375. The summed E-state index contributed by atoms with van der Waals surface area (Å²) in [5.41, 5.74) is 1.65. The van der Waals surface area contributed by atoms with Crippen LogP contribution in [0.1, 0.15) is 41.6 Å². The minimum absolute atomic E-state index is 0.0108. The first-order valence-corrected chi connectivity index (χ1v) is 11.4. The van der Waals surface area contributed by atoms with Crippen molar-refractivity contribution in [3.63, 3.8) is 0 Å². The highest BCUT2D eigenvalue weighted by molar-refractivity contribution is 5.98. The van der Waals surface area contributed by atoms with Crippen LogP contribution in [0.5, 0.6) is 5.75 Å². The summed E-state index contributed by atoms with van der Waals surface area (Å²) in [6.07, 6.45) is 3.19. The van der Waals surface area contributed by atoms with Gasteiger partial charge in [-0.05, 0) is 55.5 Å². The second-order valence-electron chi connectivity index (χ2n) is 8.60. The Morgan fingerprint density at radius 1 is 0.906 bits per heavy atom. The molecule has 2 fully saturated rings. The molecule has 2 saturated heterocycles. The van der Waals surface area contributed by atoms with E-state index >= 15 is 0 Å². The Labute approximate surface area is 189 Å². The number of rotatable bonds is 6. The van der Waals surface area contributed by atoms with Crippen LogP contribution < -0.4 is 4.74 Å². The van der Waals surface area contributed by atoms with Crippen LogP contribution in [-0.2, 0) is 16.0 Å². The smallest absolute Gasteiger partial charge is 0.245 e. The summed E-state index contributed by atoms with van der Waals surface area (Å²) >= 11 is 0. The highest BCUT2D eigenvalue weighted by atomic mass is 16.5. The largest absolute Gasteiger partial charge is 0.497 e. The predicted molar refractivity (Wildman–Crippen MR) is 122 cm³/mol. The number of ketones is 1. The van der Waals surface area contributed by atoms with Crippen molar-refractivity contribution in [2.45, 2.75) is 38.1 Å². The van der Waals surface area contributed by atoms with E-state index in [1.807, 2.05) is 35.2 Å². The van der Waals surface area contributed by atoms with Gasteiger partial charge in [-0.15, -0.1) is 0 Å². The molecule has 0 saturated carbocycles. The van der Waals surface area contributed by atoms with Crippen LogP contribution >= 0.6 is 0 Å². The molecule has 0 N–H and O–H groups in total. The fourth-order valence-corrected chi connectivity index (χ4v) is 4.76. The van der Waals surface area contributed by atoms with E-state index in [-0.39, 0.29) is 29.6 Å². The Morgan fingerprint density at radius 3 is 2.25 bits per heavy atom. The molecule has 4 rings (SSSR count). The first-order chi connectivity index (χ1) is 15.6. The van der Waals surface area contributed by atoms with E-state index in [0.717, 1.165) is 17.7 Å². The molecule has 168 valence electrons. The summed E-state index contributed by atoms with van der Waals surface area (Å²) < 4.78 is 5.16. The highest BCUT2D eigenvalue weighted by Crippen LogP contribution is 2.26. The normalized spacial score (nSPS) is 19.1. The third-order valence-corrected chi connectivity index (χ3v) is 6.61. The van der Waals surface area contributed by atoms with Gasteiger partial charge in [0.15, 0.2) is 5.78 Å². The lowest BCUT2D eigenvalue weighted by Gasteiger charge is -2.35. The summed E-state index contributed by atoms with van der Waals surface area (Å²) in [5, 5.41) is 0. The van der Waals surface area contributed by atoms with Gasteiger partial charge >= 0.3 is 0 Å². The van der Waals surface area contributed by atoms with Gasteiger partial charge in [0.05, 0.1) is 13.5 Å². The van der Waals surface area contributed by atoms with Gasteiger partial charge < -0.3 is 14.5 Å². The standard InChI is InChI=1S/C26H30N2O4/c1-32-22-11-9-20(10-12-22)25(30)21-13-16-27(17-14-21)26(31)23-8-5-15-28(23)24(29)18-19-6-3-2-4-7-19/h2-4,6-7,9-12,21,23H,5,8,13-18H2,1H3. The highest BCUT2D eigenvalue weighted by Gasteiger charge is 2.38. The van der Waals surface area contributed by atoms with Crippen molar-refractivity contribution < 1.29 is 19.1 Å². The van der Waals surface area contributed by atoms with E-state index < -0.39 is 0 Å². The molecular formula is C26H30N2O4. The number of piperidine rings is 1. The Balaban J connectivity index is 1.33. The fraction of sp³-hybridized carbons (Fsp3) is 0.423.